The summed E-state index contributed by atoms with van der Waals surface area (Å²) in [6.45, 7) is 6.81. The number of carbonyl (C=O) groups is 5. The molecule has 0 aliphatic carbocycles. The first-order valence-electron chi connectivity index (χ1n) is 9.41. The Morgan fingerprint density at radius 2 is 1.34 bits per heavy atom. The normalized spacial score (nSPS) is 14.0. The summed E-state index contributed by atoms with van der Waals surface area (Å²) in [7, 11) is 0. The molecule has 0 aliphatic rings. The Bertz CT molecular complexity index is 607. The van der Waals surface area contributed by atoms with Crippen LogP contribution in [0.25, 0.3) is 0 Å². The number of nitrogens with two attached hydrogens (primary N) is 1. The highest BCUT2D eigenvalue weighted by molar-refractivity contribution is 5.93. The van der Waals surface area contributed by atoms with Crippen LogP contribution < -0.4 is 21.7 Å². The van der Waals surface area contributed by atoms with Crippen molar-refractivity contribution >= 4 is 29.7 Å². The lowest BCUT2D eigenvalue weighted by Gasteiger charge is -2.22. The number of carboxylic acids is 2. The number of hydrogen-bond acceptors (Lipinski definition) is 6. The topological polar surface area (TPSA) is 188 Å². The summed E-state index contributed by atoms with van der Waals surface area (Å²) in [4.78, 5) is 58.2. The van der Waals surface area contributed by atoms with Gasteiger partial charge in [-0.1, -0.05) is 27.7 Å². The van der Waals surface area contributed by atoms with E-state index < -0.39 is 60.8 Å². The molecule has 7 N–H and O–H groups in total. The zero-order valence-corrected chi connectivity index (χ0v) is 17.2. The van der Waals surface area contributed by atoms with Crippen molar-refractivity contribution in [3.8, 4) is 0 Å². The summed E-state index contributed by atoms with van der Waals surface area (Å²) >= 11 is 0. The molecule has 0 aromatic carbocycles. The lowest BCUT2D eigenvalue weighted by molar-refractivity contribution is -0.142. The number of nitrogens with one attached hydrogen (secondary N) is 3. The number of hydrogen-bond donors (Lipinski definition) is 6. The molecular weight excluding hydrogens is 384 g/mol. The fourth-order valence-electron chi connectivity index (χ4n) is 2.49. The molecule has 0 aromatic rings. The Hall–Kier alpha value is -2.69. The van der Waals surface area contributed by atoms with E-state index in [0.29, 0.717) is 0 Å². The SMILES string of the molecule is CC(C)CC(NC(=O)CNC(=O)C(CC(C)C)NC(=O)C(N)CC(=O)O)C(=O)O. The second-order valence-corrected chi connectivity index (χ2v) is 7.70. The van der Waals surface area contributed by atoms with E-state index >= 15 is 0 Å². The van der Waals surface area contributed by atoms with Gasteiger partial charge in [0.25, 0.3) is 0 Å². The maximum absolute atomic E-state index is 12.4. The molecule has 0 heterocycles. The van der Waals surface area contributed by atoms with Gasteiger partial charge in [-0.15, -0.1) is 0 Å². The van der Waals surface area contributed by atoms with Gasteiger partial charge in [-0.3, -0.25) is 19.2 Å². The molecule has 0 saturated heterocycles. The predicted molar refractivity (Wildman–Crippen MR) is 104 cm³/mol. The quantitative estimate of drug-likeness (QED) is 0.221. The van der Waals surface area contributed by atoms with Gasteiger partial charge in [0.1, 0.15) is 12.1 Å². The Labute approximate surface area is 169 Å². The summed E-state index contributed by atoms with van der Waals surface area (Å²) in [5.74, 6) is -4.48. The summed E-state index contributed by atoms with van der Waals surface area (Å²) in [5.41, 5.74) is 5.50. The van der Waals surface area contributed by atoms with Gasteiger partial charge in [0.2, 0.25) is 17.7 Å². The van der Waals surface area contributed by atoms with Crippen LogP contribution in [0.15, 0.2) is 0 Å². The lowest BCUT2D eigenvalue weighted by Crippen LogP contribution is -2.54. The van der Waals surface area contributed by atoms with E-state index in [1.54, 1.807) is 0 Å². The Kier molecular flexibility index (Phi) is 11.5. The van der Waals surface area contributed by atoms with E-state index in [1.165, 1.54) is 0 Å². The second kappa shape index (κ2) is 12.7. The monoisotopic (exact) mass is 416 g/mol. The molecule has 0 saturated carbocycles. The number of carboxylic acid groups (broad SMARTS) is 2. The minimum atomic E-state index is -1.31. The average molecular weight is 416 g/mol. The Balaban J connectivity index is 4.85. The highest BCUT2D eigenvalue weighted by Gasteiger charge is 2.26. The molecule has 0 fully saturated rings. The van der Waals surface area contributed by atoms with Gasteiger partial charge in [-0.05, 0) is 24.7 Å². The van der Waals surface area contributed by atoms with Crippen molar-refractivity contribution in [1.29, 1.82) is 0 Å². The van der Waals surface area contributed by atoms with Gasteiger partial charge in [0.15, 0.2) is 0 Å². The maximum Gasteiger partial charge on any atom is 0.326 e. The molecule has 0 bridgehead atoms. The lowest BCUT2D eigenvalue weighted by atomic mass is 10.0. The minimum absolute atomic E-state index is 0.0120. The molecule has 3 atom stereocenters. The van der Waals surface area contributed by atoms with E-state index in [0.717, 1.165) is 0 Å². The van der Waals surface area contributed by atoms with E-state index in [1.807, 2.05) is 27.7 Å². The molecule has 166 valence electrons. The summed E-state index contributed by atoms with van der Waals surface area (Å²) in [6.07, 6.45) is -0.108. The molecule has 0 aromatic heterocycles. The molecule has 11 nitrogen and oxygen atoms in total. The number of carbonyl (C=O) groups excluding carboxylic acids is 3. The second-order valence-electron chi connectivity index (χ2n) is 7.70. The molecule has 3 amide bonds. The number of rotatable bonds is 13. The Morgan fingerprint density at radius 3 is 1.79 bits per heavy atom. The number of amides is 3. The van der Waals surface area contributed by atoms with Crippen LogP contribution in [0.5, 0.6) is 0 Å². The fourth-order valence-corrected chi connectivity index (χ4v) is 2.49. The summed E-state index contributed by atoms with van der Waals surface area (Å²) in [6, 6.07) is -3.40. The molecule has 0 radical (unpaired) electrons. The van der Waals surface area contributed by atoms with Gasteiger partial charge in [0.05, 0.1) is 19.0 Å². The van der Waals surface area contributed by atoms with Crippen LogP contribution in [0, 0.1) is 11.8 Å². The van der Waals surface area contributed by atoms with Gasteiger partial charge in [-0.25, -0.2) is 4.79 Å². The molecule has 0 rings (SSSR count). The van der Waals surface area contributed by atoms with Crippen LogP contribution in [-0.4, -0.2) is 64.5 Å². The molecule has 29 heavy (non-hydrogen) atoms. The number of aliphatic carboxylic acids is 2. The van der Waals surface area contributed by atoms with Crippen LogP contribution in [0.4, 0.5) is 0 Å². The van der Waals surface area contributed by atoms with Crippen molar-refractivity contribution in [2.75, 3.05) is 6.54 Å². The Morgan fingerprint density at radius 1 is 0.828 bits per heavy atom. The summed E-state index contributed by atoms with van der Waals surface area (Å²) in [5, 5.41) is 24.9. The van der Waals surface area contributed by atoms with Crippen LogP contribution >= 0.6 is 0 Å². The minimum Gasteiger partial charge on any atom is -0.481 e. The van der Waals surface area contributed by atoms with Crippen LogP contribution in [0.2, 0.25) is 0 Å². The highest BCUT2D eigenvalue weighted by Crippen LogP contribution is 2.06. The van der Waals surface area contributed by atoms with Crippen LogP contribution in [0.3, 0.4) is 0 Å². The van der Waals surface area contributed by atoms with Crippen molar-refractivity contribution in [1.82, 2.24) is 16.0 Å². The van der Waals surface area contributed by atoms with Gasteiger partial charge < -0.3 is 31.9 Å². The largest absolute Gasteiger partial charge is 0.481 e. The first-order chi connectivity index (χ1) is 13.3. The first-order valence-corrected chi connectivity index (χ1v) is 9.41. The van der Waals surface area contributed by atoms with Crippen molar-refractivity contribution in [3.63, 3.8) is 0 Å². The van der Waals surface area contributed by atoms with Gasteiger partial charge >= 0.3 is 11.9 Å². The van der Waals surface area contributed by atoms with Crippen molar-refractivity contribution in [2.24, 2.45) is 17.6 Å². The van der Waals surface area contributed by atoms with Crippen LogP contribution in [0.1, 0.15) is 47.0 Å². The first kappa shape index (κ1) is 26.3. The van der Waals surface area contributed by atoms with E-state index in [2.05, 4.69) is 16.0 Å². The summed E-state index contributed by atoms with van der Waals surface area (Å²) < 4.78 is 0. The van der Waals surface area contributed by atoms with Crippen molar-refractivity contribution < 1.29 is 34.2 Å². The van der Waals surface area contributed by atoms with Gasteiger partial charge in [0, 0.05) is 0 Å². The third-order valence-electron chi connectivity index (χ3n) is 3.83. The van der Waals surface area contributed by atoms with Crippen molar-refractivity contribution in [3.05, 3.63) is 0 Å². The van der Waals surface area contributed by atoms with E-state index in [9.17, 15) is 24.0 Å². The predicted octanol–water partition coefficient (Wildman–Crippen LogP) is -0.949. The third-order valence-corrected chi connectivity index (χ3v) is 3.83. The molecule has 11 heteroatoms. The van der Waals surface area contributed by atoms with Gasteiger partial charge in [-0.2, -0.15) is 0 Å². The molecule has 0 spiro atoms. The van der Waals surface area contributed by atoms with Crippen LogP contribution in [-0.2, 0) is 24.0 Å². The fraction of sp³-hybridized carbons (Fsp3) is 0.722. The zero-order valence-electron chi connectivity index (χ0n) is 17.2. The highest BCUT2D eigenvalue weighted by atomic mass is 16.4. The standard InChI is InChI=1S/C18H32N4O7/c1-9(2)5-12(22-16(26)11(19)7-15(24)25)17(27)20-8-14(23)21-13(18(28)29)6-10(3)4/h9-13H,5-8,19H2,1-4H3,(H,20,27)(H,21,23)(H,22,26)(H,24,25)(H,28,29). The van der Waals surface area contributed by atoms with E-state index in [-0.39, 0.29) is 24.7 Å². The van der Waals surface area contributed by atoms with Crippen molar-refractivity contribution in [2.45, 2.75) is 65.1 Å². The zero-order chi connectivity index (χ0) is 22.7. The third kappa shape index (κ3) is 11.7. The smallest absolute Gasteiger partial charge is 0.326 e. The average Bonchev–Trinajstić information content (AvgIpc) is 2.56. The molecule has 3 unspecified atom stereocenters. The maximum atomic E-state index is 12.4. The molecule has 0 aliphatic heterocycles. The van der Waals surface area contributed by atoms with E-state index in [4.69, 9.17) is 15.9 Å². The molecular formula is C18H32N4O7.